The molecular weight excluding hydrogens is 301 g/mol. The first kappa shape index (κ1) is 14.7. The topological polar surface area (TPSA) is 35.2 Å². The Hall–Kier alpha value is -0.740. The standard InChI is InChI=1S/C14H15Cl2NOS/c1-9(17)7-10-3-2-4-12(15)14(10)18-8-11-5-6-13(16)19-11/h2-6,9H,7-8,17H2,1H3. The normalized spacial score (nSPS) is 12.4. The lowest BCUT2D eigenvalue weighted by Crippen LogP contribution is -2.18. The van der Waals surface area contributed by atoms with Crippen LogP contribution in [0.25, 0.3) is 0 Å². The maximum absolute atomic E-state index is 6.20. The van der Waals surface area contributed by atoms with E-state index in [1.807, 2.05) is 37.3 Å². The van der Waals surface area contributed by atoms with Crippen LogP contribution < -0.4 is 10.5 Å². The minimum Gasteiger partial charge on any atom is -0.486 e. The van der Waals surface area contributed by atoms with Crippen molar-refractivity contribution in [2.45, 2.75) is 26.0 Å². The van der Waals surface area contributed by atoms with Crippen LogP contribution in [0.15, 0.2) is 30.3 Å². The van der Waals surface area contributed by atoms with Crippen molar-refractivity contribution in [2.75, 3.05) is 0 Å². The summed E-state index contributed by atoms with van der Waals surface area (Å²) in [5, 5.41) is 0.612. The van der Waals surface area contributed by atoms with Gasteiger partial charge in [0.1, 0.15) is 12.4 Å². The van der Waals surface area contributed by atoms with Crippen molar-refractivity contribution in [2.24, 2.45) is 5.73 Å². The molecule has 0 fully saturated rings. The summed E-state index contributed by atoms with van der Waals surface area (Å²) in [6, 6.07) is 9.61. The van der Waals surface area contributed by atoms with E-state index in [0.29, 0.717) is 17.4 Å². The minimum absolute atomic E-state index is 0.0667. The molecule has 0 radical (unpaired) electrons. The summed E-state index contributed by atoms with van der Waals surface area (Å²) in [4.78, 5) is 1.07. The van der Waals surface area contributed by atoms with E-state index < -0.39 is 0 Å². The van der Waals surface area contributed by atoms with E-state index in [9.17, 15) is 0 Å². The molecule has 1 aromatic carbocycles. The van der Waals surface area contributed by atoms with E-state index in [4.69, 9.17) is 33.7 Å². The summed E-state index contributed by atoms with van der Waals surface area (Å²) in [7, 11) is 0. The number of nitrogens with two attached hydrogens (primary N) is 1. The second-order valence-corrected chi connectivity index (χ2v) is 6.61. The largest absolute Gasteiger partial charge is 0.486 e. The van der Waals surface area contributed by atoms with Gasteiger partial charge in [-0.25, -0.2) is 0 Å². The SMILES string of the molecule is CC(N)Cc1cccc(Cl)c1OCc1ccc(Cl)s1. The molecule has 0 aliphatic carbocycles. The number of halogens is 2. The lowest BCUT2D eigenvalue weighted by Gasteiger charge is -2.14. The van der Waals surface area contributed by atoms with Crippen LogP contribution in [0.3, 0.4) is 0 Å². The Kier molecular flexibility index (Phi) is 5.11. The van der Waals surface area contributed by atoms with Crippen LogP contribution in [0.2, 0.25) is 9.36 Å². The summed E-state index contributed by atoms with van der Waals surface area (Å²) in [6.07, 6.45) is 0.737. The first-order valence-electron chi connectivity index (χ1n) is 5.96. The quantitative estimate of drug-likeness (QED) is 0.880. The van der Waals surface area contributed by atoms with E-state index in [2.05, 4.69) is 0 Å². The van der Waals surface area contributed by atoms with Crippen LogP contribution in [-0.2, 0) is 13.0 Å². The van der Waals surface area contributed by atoms with Gasteiger partial charge >= 0.3 is 0 Å². The van der Waals surface area contributed by atoms with Crippen LogP contribution >= 0.6 is 34.5 Å². The van der Waals surface area contributed by atoms with Crippen molar-refractivity contribution in [3.05, 3.63) is 50.1 Å². The number of benzene rings is 1. The zero-order valence-corrected chi connectivity index (χ0v) is 12.9. The molecule has 0 bridgehead atoms. The highest BCUT2D eigenvalue weighted by molar-refractivity contribution is 7.16. The number of hydrogen-bond acceptors (Lipinski definition) is 3. The molecule has 2 nitrogen and oxygen atoms in total. The number of thiophene rings is 1. The van der Waals surface area contributed by atoms with Crippen molar-refractivity contribution in [3.8, 4) is 5.75 Å². The maximum atomic E-state index is 6.20. The van der Waals surface area contributed by atoms with Crippen LogP contribution in [0, 0.1) is 0 Å². The van der Waals surface area contributed by atoms with Gasteiger partial charge in [-0.05, 0) is 37.1 Å². The molecule has 2 N–H and O–H groups in total. The van der Waals surface area contributed by atoms with Gasteiger partial charge < -0.3 is 10.5 Å². The zero-order valence-electron chi connectivity index (χ0n) is 10.5. The Bertz CT molecular complexity index is 554. The van der Waals surface area contributed by atoms with Crippen LogP contribution in [0.1, 0.15) is 17.4 Å². The fourth-order valence-corrected chi connectivity index (χ4v) is 3.04. The van der Waals surface area contributed by atoms with E-state index >= 15 is 0 Å². The smallest absolute Gasteiger partial charge is 0.141 e. The highest BCUT2D eigenvalue weighted by Gasteiger charge is 2.11. The average Bonchev–Trinajstić information content (AvgIpc) is 2.73. The Morgan fingerprint density at radius 1 is 1.26 bits per heavy atom. The second kappa shape index (κ2) is 6.62. The summed E-state index contributed by atoms with van der Waals surface area (Å²) < 4.78 is 6.59. The van der Waals surface area contributed by atoms with Gasteiger partial charge in [-0.3, -0.25) is 0 Å². The first-order chi connectivity index (χ1) is 9.06. The van der Waals surface area contributed by atoms with E-state index in [0.717, 1.165) is 21.2 Å². The van der Waals surface area contributed by atoms with Crippen molar-refractivity contribution in [1.29, 1.82) is 0 Å². The van der Waals surface area contributed by atoms with Crippen molar-refractivity contribution in [3.63, 3.8) is 0 Å². The Morgan fingerprint density at radius 2 is 2.05 bits per heavy atom. The fourth-order valence-electron chi connectivity index (χ4n) is 1.80. The lowest BCUT2D eigenvalue weighted by molar-refractivity contribution is 0.306. The molecule has 102 valence electrons. The maximum Gasteiger partial charge on any atom is 0.141 e. The Labute approximate surface area is 127 Å². The molecule has 1 unspecified atom stereocenters. The Morgan fingerprint density at radius 3 is 2.68 bits per heavy atom. The van der Waals surface area contributed by atoms with Gasteiger partial charge in [0, 0.05) is 10.9 Å². The van der Waals surface area contributed by atoms with Crippen LogP contribution in [0.4, 0.5) is 0 Å². The van der Waals surface area contributed by atoms with Gasteiger partial charge in [-0.2, -0.15) is 0 Å². The van der Waals surface area contributed by atoms with E-state index in [-0.39, 0.29) is 6.04 Å². The van der Waals surface area contributed by atoms with Gasteiger partial charge in [-0.1, -0.05) is 35.3 Å². The predicted molar refractivity (Wildman–Crippen MR) is 82.5 cm³/mol. The van der Waals surface area contributed by atoms with Gasteiger partial charge in [0.05, 0.1) is 9.36 Å². The number of hydrogen-bond donors (Lipinski definition) is 1. The molecule has 5 heteroatoms. The molecular formula is C14H15Cl2NOS. The van der Waals surface area contributed by atoms with Crippen LogP contribution in [0.5, 0.6) is 5.75 Å². The van der Waals surface area contributed by atoms with E-state index in [1.54, 1.807) is 0 Å². The molecule has 1 atom stereocenters. The molecule has 0 aliphatic rings. The molecule has 1 heterocycles. The third-order valence-corrected chi connectivity index (χ3v) is 4.08. The summed E-state index contributed by atoms with van der Waals surface area (Å²) >= 11 is 13.6. The fraction of sp³-hybridized carbons (Fsp3) is 0.286. The van der Waals surface area contributed by atoms with Gasteiger partial charge in [0.25, 0.3) is 0 Å². The molecule has 0 saturated heterocycles. The molecule has 2 aromatic rings. The molecule has 0 saturated carbocycles. The third kappa shape index (κ3) is 4.11. The monoisotopic (exact) mass is 315 g/mol. The van der Waals surface area contributed by atoms with Crippen LogP contribution in [-0.4, -0.2) is 6.04 Å². The average molecular weight is 316 g/mol. The van der Waals surface area contributed by atoms with Crippen molar-refractivity contribution in [1.82, 2.24) is 0 Å². The lowest BCUT2D eigenvalue weighted by atomic mass is 10.1. The highest BCUT2D eigenvalue weighted by atomic mass is 35.5. The van der Waals surface area contributed by atoms with Crippen molar-refractivity contribution < 1.29 is 4.74 Å². The molecule has 0 amide bonds. The number of para-hydroxylation sites is 1. The zero-order chi connectivity index (χ0) is 13.8. The second-order valence-electron chi connectivity index (χ2n) is 4.40. The van der Waals surface area contributed by atoms with Crippen molar-refractivity contribution >= 4 is 34.5 Å². The number of rotatable bonds is 5. The molecule has 0 spiro atoms. The Balaban J connectivity index is 2.14. The van der Waals surface area contributed by atoms with Gasteiger partial charge in [0.2, 0.25) is 0 Å². The summed E-state index contributed by atoms with van der Waals surface area (Å²) in [6.45, 7) is 2.43. The first-order valence-corrected chi connectivity index (χ1v) is 7.53. The molecule has 19 heavy (non-hydrogen) atoms. The summed E-state index contributed by atoms with van der Waals surface area (Å²) in [5.74, 6) is 0.714. The number of ether oxygens (including phenoxy) is 1. The summed E-state index contributed by atoms with van der Waals surface area (Å²) in [5.41, 5.74) is 6.87. The van der Waals surface area contributed by atoms with Gasteiger partial charge in [-0.15, -0.1) is 11.3 Å². The third-order valence-electron chi connectivity index (χ3n) is 2.58. The molecule has 2 rings (SSSR count). The highest BCUT2D eigenvalue weighted by Crippen LogP contribution is 2.31. The molecule has 1 aromatic heterocycles. The van der Waals surface area contributed by atoms with Gasteiger partial charge in [0.15, 0.2) is 0 Å². The minimum atomic E-state index is 0.0667. The van der Waals surface area contributed by atoms with E-state index in [1.165, 1.54) is 11.3 Å². The molecule has 0 aliphatic heterocycles. The predicted octanol–water partition coefficient (Wildman–Crippen LogP) is 4.52.